The molecule has 0 aromatic heterocycles. The van der Waals surface area contributed by atoms with Gasteiger partial charge in [0, 0.05) is 22.8 Å². The van der Waals surface area contributed by atoms with Crippen molar-refractivity contribution in [1.29, 1.82) is 0 Å². The van der Waals surface area contributed by atoms with E-state index >= 15 is 0 Å². The Hall–Kier alpha value is -1.99. The summed E-state index contributed by atoms with van der Waals surface area (Å²) in [4.78, 5) is 0. The van der Waals surface area contributed by atoms with E-state index in [-0.39, 0.29) is 16.5 Å². The summed E-state index contributed by atoms with van der Waals surface area (Å²) < 4.78 is 1.49. The van der Waals surface area contributed by atoms with E-state index in [4.69, 9.17) is 0 Å². The number of benzene rings is 2. The first-order valence-electron chi connectivity index (χ1n) is 34.2. The van der Waals surface area contributed by atoms with Gasteiger partial charge in [0.1, 0.15) is 0 Å². The average molecular weight is 1110 g/mol. The van der Waals surface area contributed by atoms with E-state index in [0.29, 0.717) is 0 Å². The fourth-order valence-electron chi connectivity index (χ4n) is 11.1. The van der Waals surface area contributed by atoms with Crippen molar-refractivity contribution in [2.45, 2.75) is 362 Å². The van der Waals surface area contributed by atoms with Crippen LogP contribution in [0.25, 0.3) is 16.9 Å². The Morgan fingerprint density at radius 3 is 0.909 bits per heavy atom. The number of hydrogen-bond acceptors (Lipinski definition) is 0. The zero-order valence-electron chi connectivity index (χ0n) is 52.4. The van der Waals surface area contributed by atoms with Crippen LogP contribution in [0.15, 0.2) is 60.2 Å². The molecule has 0 fully saturated rings. The van der Waals surface area contributed by atoms with Crippen molar-refractivity contribution in [3.8, 4) is 0 Å². The molecule has 0 saturated carbocycles. The number of nitrogens with zero attached hydrogens (tertiary/aromatic N) is 2. The second-order valence-electron chi connectivity index (χ2n) is 23.6. The van der Waals surface area contributed by atoms with Crippen LogP contribution in [0, 0.1) is 13.8 Å². The molecule has 0 unspecified atom stereocenters. The largest absolute Gasteiger partial charge is 2.00 e. The Morgan fingerprint density at radius 2 is 0.597 bits per heavy atom. The first-order valence-corrected chi connectivity index (χ1v) is 34.2. The molecule has 1 aliphatic heterocycles. The summed E-state index contributed by atoms with van der Waals surface area (Å²) in [6.45, 7) is 19.1. The van der Waals surface area contributed by atoms with E-state index in [9.17, 15) is 5.53 Å². The maximum Gasteiger partial charge on any atom is 2.00 e. The molecular formula is C74H130N2Ni. The summed E-state index contributed by atoms with van der Waals surface area (Å²) in [5.74, 6) is 0. The molecule has 2 nitrogen and oxygen atoms in total. The van der Waals surface area contributed by atoms with Gasteiger partial charge in [-0.25, -0.2) is 4.70 Å². The Kier molecular flexibility index (Phi) is 57.1. The zero-order valence-corrected chi connectivity index (χ0v) is 53.4. The van der Waals surface area contributed by atoms with Crippen LogP contribution in [0.2, 0.25) is 0 Å². The third kappa shape index (κ3) is 43.4. The summed E-state index contributed by atoms with van der Waals surface area (Å²) in [6.07, 6.45) is 71.8. The SMILES string of the molecule is CCCCCCCCCCCCc1cccc(C2=CC(CCCC)=C(c3cccc(CCCCCCCCCCCC)c3)[N+]2=[N-])c1.[CH2-]CCCCCCCCCCCCCC.[CH2-]CCCCCCCCCCCCCC.[Ni+2]. The van der Waals surface area contributed by atoms with Crippen LogP contribution in [0.4, 0.5) is 0 Å². The number of allylic oxidation sites excluding steroid dienone is 2. The van der Waals surface area contributed by atoms with Gasteiger partial charge >= 0.3 is 16.5 Å². The van der Waals surface area contributed by atoms with Crippen LogP contribution >= 0.6 is 0 Å². The van der Waals surface area contributed by atoms with Crippen molar-refractivity contribution < 1.29 is 21.2 Å². The third-order valence-electron chi connectivity index (χ3n) is 16.1. The Labute approximate surface area is 493 Å². The first kappa shape index (κ1) is 75.0. The Bertz CT molecular complexity index is 1570. The van der Waals surface area contributed by atoms with Crippen molar-refractivity contribution >= 4 is 11.4 Å². The van der Waals surface area contributed by atoms with Crippen molar-refractivity contribution in [2.75, 3.05) is 0 Å². The van der Waals surface area contributed by atoms with E-state index in [2.05, 4.69) is 103 Å². The van der Waals surface area contributed by atoms with Gasteiger partial charge in [0.2, 0.25) is 11.4 Å². The number of unbranched alkanes of at least 4 members (excludes halogenated alkanes) is 43. The van der Waals surface area contributed by atoms with Gasteiger partial charge in [0.25, 0.3) is 0 Å². The van der Waals surface area contributed by atoms with Crippen LogP contribution in [0.1, 0.15) is 371 Å². The molecule has 0 saturated heterocycles. The zero-order chi connectivity index (χ0) is 55.0. The molecule has 3 rings (SSSR count). The molecule has 0 radical (unpaired) electrons. The standard InChI is InChI=1S/C44H68N2.2C15H31.Ni/c1-4-7-10-12-14-16-18-20-22-24-28-38-30-26-33-40(35-38)43-37-42(32-9-6-3)44(46(43)45)41-34-27-31-39(36-41)29-25-23-21-19-17-15-13-11-8-5-2;2*1-3-5-7-9-11-13-15-14-12-10-8-6-4-2;/h26-27,30-31,33-37H,4-25,28-29,32H2,1-3H3;2*1,3-15H2,2H3;/q;2*-1;+2. The molecule has 3 heteroatoms. The molecule has 446 valence electrons. The molecule has 0 N–H and O–H groups in total. The van der Waals surface area contributed by atoms with Crippen molar-refractivity contribution in [2.24, 2.45) is 0 Å². The van der Waals surface area contributed by atoms with E-state index in [1.54, 1.807) is 0 Å². The van der Waals surface area contributed by atoms with E-state index in [1.165, 1.54) is 304 Å². The predicted molar refractivity (Wildman–Crippen MR) is 344 cm³/mol. The molecule has 2 aromatic carbocycles. The van der Waals surface area contributed by atoms with E-state index in [0.717, 1.165) is 67.5 Å². The summed E-state index contributed by atoms with van der Waals surface area (Å²) in [7, 11) is 0. The van der Waals surface area contributed by atoms with Gasteiger partial charge in [-0.3, -0.25) is 0 Å². The molecule has 0 atom stereocenters. The van der Waals surface area contributed by atoms with Gasteiger partial charge in [-0.05, 0) is 73.9 Å². The molecule has 0 amide bonds. The number of aryl methyl sites for hydroxylation is 2. The number of rotatable bonds is 51. The van der Waals surface area contributed by atoms with Crippen molar-refractivity contribution in [3.05, 3.63) is 102 Å². The summed E-state index contributed by atoms with van der Waals surface area (Å²) >= 11 is 0. The van der Waals surface area contributed by atoms with Crippen LogP contribution in [0.5, 0.6) is 0 Å². The van der Waals surface area contributed by atoms with Crippen LogP contribution in [-0.4, -0.2) is 4.70 Å². The minimum atomic E-state index is 0. The van der Waals surface area contributed by atoms with Crippen LogP contribution in [0.3, 0.4) is 0 Å². The number of hydrogen-bond donors (Lipinski definition) is 0. The minimum Gasteiger partial charge on any atom is -0.493 e. The van der Waals surface area contributed by atoms with Crippen molar-refractivity contribution in [1.82, 2.24) is 0 Å². The smallest absolute Gasteiger partial charge is 0.493 e. The van der Waals surface area contributed by atoms with Gasteiger partial charge < -0.3 is 19.4 Å². The quantitative estimate of drug-likeness (QED) is 0.0273. The van der Waals surface area contributed by atoms with Crippen molar-refractivity contribution in [3.63, 3.8) is 0 Å². The third-order valence-corrected chi connectivity index (χ3v) is 16.1. The molecule has 2 aromatic rings. The second-order valence-corrected chi connectivity index (χ2v) is 23.6. The molecule has 0 spiro atoms. The van der Waals surface area contributed by atoms with E-state index in [1.807, 2.05) is 0 Å². The maximum absolute atomic E-state index is 11.6. The fourth-order valence-corrected chi connectivity index (χ4v) is 11.1. The molecule has 1 aliphatic rings. The summed E-state index contributed by atoms with van der Waals surface area (Å²) in [6, 6.07) is 17.9. The minimum absolute atomic E-state index is 0. The van der Waals surface area contributed by atoms with Gasteiger partial charge in [-0.15, -0.1) is 0 Å². The molecule has 0 bridgehead atoms. The predicted octanol–water partition coefficient (Wildman–Crippen LogP) is 26.4. The monoisotopic (exact) mass is 1100 g/mol. The normalized spacial score (nSPS) is 12.1. The molecule has 1 heterocycles. The second kappa shape index (κ2) is 58.7. The Balaban J connectivity index is 0.00000152. The topological polar surface area (TPSA) is 25.3 Å². The van der Waals surface area contributed by atoms with Gasteiger partial charge in [0.05, 0.1) is 0 Å². The summed E-state index contributed by atoms with van der Waals surface area (Å²) in [5, 5.41) is 0. The molecular weight excluding hydrogens is 976 g/mol. The van der Waals surface area contributed by atoms with Crippen LogP contribution < -0.4 is 0 Å². The fraction of sp³-hybridized carbons (Fsp3) is 0.757. The molecule has 77 heavy (non-hydrogen) atoms. The average Bonchev–Trinajstić information content (AvgIpc) is 3.79. The molecule has 0 aliphatic carbocycles. The van der Waals surface area contributed by atoms with E-state index < -0.39 is 0 Å². The maximum atomic E-state index is 11.6. The van der Waals surface area contributed by atoms with Gasteiger partial charge in [0.15, 0.2) is 0 Å². The van der Waals surface area contributed by atoms with Gasteiger partial charge in [-0.2, -0.15) is 12.8 Å². The van der Waals surface area contributed by atoms with Crippen LogP contribution in [-0.2, 0) is 29.3 Å². The summed E-state index contributed by atoms with van der Waals surface area (Å²) in [5.41, 5.74) is 19.8. The Morgan fingerprint density at radius 1 is 0.325 bits per heavy atom. The first-order chi connectivity index (χ1) is 37.5. The van der Waals surface area contributed by atoms with Gasteiger partial charge in [-0.1, -0.05) is 335 Å².